The zero-order valence-corrected chi connectivity index (χ0v) is 22.6. The van der Waals surface area contributed by atoms with Gasteiger partial charge in [0.2, 0.25) is 0 Å². The van der Waals surface area contributed by atoms with Gasteiger partial charge in [0.1, 0.15) is 11.5 Å². The Hall–Kier alpha value is -3.47. The Morgan fingerprint density at radius 3 is 2.54 bits per heavy atom. The topological polar surface area (TPSA) is 113 Å². The van der Waals surface area contributed by atoms with Crippen LogP contribution in [0.1, 0.15) is 38.8 Å². The molecule has 0 aromatic heterocycles. The van der Waals surface area contributed by atoms with Crippen LogP contribution in [0, 0.1) is 0 Å². The van der Waals surface area contributed by atoms with E-state index < -0.39 is 12.0 Å². The molecular weight excluding hydrogens is 478 g/mol. The van der Waals surface area contributed by atoms with Crippen LogP contribution in [0.5, 0.6) is 11.5 Å². The number of carbonyl (C=O) groups is 3. The summed E-state index contributed by atoms with van der Waals surface area (Å²) in [6.45, 7) is 8.66. The molecule has 1 atom stereocenters. The zero-order chi connectivity index (χ0) is 27.1. The Balaban J connectivity index is 1.98. The van der Waals surface area contributed by atoms with Gasteiger partial charge in [-0.1, -0.05) is 0 Å². The predicted octanol–water partition coefficient (Wildman–Crippen LogP) is 2.34. The normalized spacial score (nSPS) is 18.9. The quantitative estimate of drug-likeness (QED) is 0.509. The van der Waals surface area contributed by atoms with Gasteiger partial charge in [0.05, 0.1) is 32.4 Å². The monoisotopic (exact) mass is 517 g/mol. The van der Waals surface area contributed by atoms with Gasteiger partial charge in [-0.15, -0.1) is 0 Å². The molecule has 1 fully saturated rings. The van der Waals surface area contributed by atoms with Crippen molar-refractivity contribution in [3.63, 3.8) is 0 Å². The Morgan fingerprint density at radius 1 is 1.14 bits per heavy atom. The Morgan fingerprint density at radius 2 is 1.89 bits per heavy atom. The van der Waals surface area contributed by atoms with Crippen LogP contribution in [0.3, 0.4) is 0 Å². The maximum atomic E-state index is 13.3. The van der Waals surface area contributed by atoms with Gasteiger partial charge in [-0.05, 0) is 45.4 Å². The van der Waals surface area contributed by atoms with Crippen LogP contribution in [0.25, 0.3) is 0 Å². The number of rotatable bonds is 8. The fourth-order valence-corrected chi connectivity index (χ4v) is 4.58. The van der Waals surface area contributed by atoms with Gasteiger partial charge in [-0.3, -0.25) is 9.80 Å². The van der Waals surface area contributed by atoms with E-state index in [2.05, 4.69) is 15.5 Å². The number of likely N-dealkylation sites (N-methyl/N-ethyl adjacent to an activating group) is 1. The maximum absolute atomic E-state index is 13.3. The second-order valence-electron chi connectivity index (χ2n) is 9.35. The number of ether oxygens (including phenoxy) is 3. The summed E-state index contributed by atoms with van der Waals surface area (Å²) in [7, 11) is 4.73. The molecule has 1 aromatic rings. The van der Waals surface area contributed by atoms with E-state index in [0.29, 0.717) is 61.1 Å². The average Bonchev–Trinajstić information content (AvgIpc) is 3.11. The Bertz CT molecular complexity index is 1030. The van der Waals surface area contributed by atoms with Crippen molar-refractivity contribution in [1.82, 2.24) is 25.3 Å². The van der Waals surface area contributed by atoms with Crippen LogP contribution in [-0.4, -0.2) is 99.4 Å². The molecule has 2 heterocycles. The van der Waals surface area contributed by atoms with Gasteiger partial charge < -0.3 is 29.7 Å². The van der Waals surface area contributed by atoms with E-state index in [1.165, 1.54) is 12.0 Å². The minimum Gasteiger partial charge on any atom is -0.497 e. The Labute approximate surface area is 218 Å². The highest BCUT2D eigenvalue weighted by Gasteiger charge is 2.39. The van der Waals surface area contributed by atoms with Crippen molar-refractivity contribution < 1.29 is 28.6 Å². The molecule has 2 N–H and O–H groups in total. The summed E-state index contributed by atoms with van der Waals surface area (Å²) in [5.41, 5.74) is 1.49. The number of benzene rings is 1. The molecule has 3 rings (SSSR count). The summed E-state index contributed by atoms with van der Waals surface area (Å²) < 4.78 is 16.4. The largest absolute Gasteiger partial charge is 0.497 e. The minimum atomic E-state index is -0.789. The molecule has 37 heavy (non-hydrogen) atoms. The van der Waals surface area contributed by atoms with E-state index in [1.807, 2.05) is 18.7 Å². The van der Waals surface area contributed by atoms with Gasteiger partial charge in [0, 0.05) is 57.1 Å². The first-order chi connectivity index (χ1) is 17.7. The Kier molecular flexibility index (Phi) is 9.62. The highest BCUT2D eigenvalue weighted by molar-refractivity contribution is 5.95. The molecule has 11 heteroatoms. The fourth-order valence-electron chi connectivity index (χ4n) is 4.58. The lowest BCUT2D eigenvalue weighted by molar-refractivity contribution is -0.139. The average molecular weight is 518 g/mol. The number of nitrogens with one attached hydrogen (secondary N) is 2. The molecule has 11 nitrogen and oxygen atoms in total. The maximum Gasteiger partial charge on any atom is 0.338 e. The number of carbonyl (C=O) groups excluding carboxylic acids is 3. The first-order valence-electron chi connectivity index (χ1n) is 12.6. The minimum absolute atomic E-state index is 0.0593. The smallest absolute Gasteiger partial charge is 0.338 e. The molecular formula is C26H39N5O6. The molecule has 0 aliphatic carbocycles. The lowest BCUT2D eigenvalue weighted by atomic mass is 9.93. The molecule has 0 spiro atoms. The van der Waals surface area contributed by atoms with E-state index in [9.17, 15) is 14.4 Å². The number of methoxy groups -OCH3 is 2. The lowest BCUT2D eigenvalue weighted by Crippen LogP contribution is -2.49. The summed E-state index contributed by atoms with van der Waals surface area (Å²) in [6.07, 6.45) is 0.774. The van der Waals surface area contributed by atoms with E-state index in [0.717, 1.165) is 6.42 Å². The van der Waals surface area contributed by atoms with Gasteiger partial charge in [-0.25, -0.2) is 14.4 Å². The summed E-state index contributed by atoms with van der Waals surface area (Å²) in [4.78, 5) is 44.4. The van der Waals surface area contributed by atoms with Crippen LogP contribution in [0.4, 0.5) is 9.59 Å². The van der Waals surface area contributed by atoms with Crippen molar-refractivity contribution in [2.24, 2.45) is 0 Å². The van der Waals surface area contributed by atoms with Crippen molar-refractivity contribution in [1.29, 1.82) is 0 Å². The van der Waals surface area contributed by atoms with Gasteiger partial charge >= 0.3 is 18.0 Å². The molecule has 0 radical (unpaired) electrons. The van der Waals surface area contributed by atoms with Gasteiger partial charge in [-0.2, -0.15) is 0 Å². The molecule has 204 valence electrons. The summed E-state index contributed by atoms with van der Waals surface area (Å²) in [6, 6.07) is 4.10. The molecule has 1 saturated heterocycles. The van der Waals surface area contributed by atoms with Gasteiger partial charge in [0.15, 0.2) is 0 Å². The number of esters is 1. The standard InChI is InChI=1S/C26H39N5O6/c1-7-37-24(32)22-20(16-30-11-8-12-31(14-13-30)26(34)27-17(2)3)29(4)25(33)28-23(22)19-15-18(35-5)9-10-21(19)36-6/h9-10,15,17,23H,7-8,11-14,16H2,1-6H3,(H,27,34)(H,28,33). The van der Waals surface area contributed by atoms with Gasteiger partial charge in [0.25, 0.3) is 0 Å². The lowest BCUT2D eigenvalue weighted by Gasteiger charge is -2.37. The van der Waals surface area contributed by atoms with Crippen molar-refractivity contribution in [2.75, 3.05) is 60.6 Å². The summed E-state index contributed by atoms with van der Waals surface area (Å²) in [5.74, 6) is 0.575. The van der Waals surface area contributed by atoms with Crippen LogP contribution >= 0.6 is 0 Å². The third-order valence-electron chi connectivity index (χ3n) is 6.48. The van der Waals surface area contributed by atoms with Crippen LogP contribution in [-0.2, 0) is 9.53 Å². The number of hydrogen-bond donors (Lipinski definition) is 2. The number of hydrogen-bond acceptors (Lipinski definition) is 7. The number of nitrogens with zero attached hydrogens (tertiary/aromatic N) is 3. The number of urea groups is 2. The van der Waals surface area contributed by atoms with Crippen molar-refractivity contribution in [2.45, 2.75) is 39.3 Å². The molecule has 0 saturated carbocycles. The van der Waals surface area contributed by atoms with Crippen molar-refractivity contribution >= 4 is 18.0 Å². The SMILES string of the molecule is CCOC(=O)C1=C(CN2CCCN(C(=O)NC(C)C)CC2)N(C)C(=O)NC1c1cc(OC)ccc1OC. The molecule has 4 amide bonds. The first kappa shape index (κ1) is 28.1. The number of amides is 4. The van der Waals surface area contributed by atoms with E-state index in [4.69, 9.17) is 14.2 Å². The highest BCUT2D eigenvalue weighted by Crippen LogP contribution is 2.37. The first-order valence-corrected chi connectivity index (χ1v) is 12.6. The van der Waals surface area contributed by atoms with E-state index in [1.54, 1.807) is 39.3 Å². The van der Waals surface area contributed by atoms with Crippen LogP contribution in [0.15, 0.2) is 29.5 Å². The fraction of sp³-hybridized carbons (Fsp3) is 0.577. The third kappa shape index (κ3) is 6.65. The van der Waals surface area contributed by atoms with Crippen molar-refractivity contribution in [3.8, 4) is 11.5 Å². The van der Waals surface area contributed by atoms with Crippen LogP contribution in [0.2, 0.25) is 0 Å². The molecule has 1 unspecified atom stereocenters. The van der Waals surface area contributed by atoms with Crippen molar-refractivity contribution in [3.05, 3.63) is 35.0 Å². The highest BCUT2D eigenvalue weighted by atomic mass is 16.5. The zero-order valence-electron chi connectivity index (χ0n) is 22.6. The second-order valence-corrected chi connectivity index (χ2v) is 9.35. The van der Waals surface area contributed by atoms with Crippen LogP contribution < -0.4 is 20.1 Å². The summed E-state index contributed by atoms with van der Waals surface area (Å²) >= 11 is 0. The summed E-state index contributed by atoms with van der Waals surface area (Å²) in [5, 5.41) is 5.87. The molecule has 2 aliphatic heterocycles. The molecule has 0 bridgehead atoms. The third-order valence-corrected chi connectivity index (χ3v) is 6.48. The van der Waals surface area contributed by atoms with E-state index >= 15 is 0 Å². The molecule has 1 aromatic carbocycles. The predicted molar refractivity (Wildman–Crippen MR) is 139 cm³/mol. The molecule has 2 aliphatic rings. The second kappa shape index (κ2) is 12.7. The van der Waals surface area contributed by atoms with E-state index in [-0.39, 0.29) is 24.7 Å².